The van der Waals surface area contributed by atoms with Gasteiger partial charge in [-0.3, -0.25) is 4.79 Å². The molecule has 0 aromatic heterocycles. The van der Waals surface area contributed by atoms with E-state index in [1.54, 1.807) is 18.2 Å². The molecule has 1 saturated heterocycles. The minimum atomic E-state index is -3.49. The zero-order chi connectivity index (χ0) is 19.0. The second-order valence-electron chi connectivity index (χ2n) is 7.36. The van der Waals surface area contributed by atoms with Gasteiger partial charge in [0.2, 0.25) is 15.9 Å². The van der Waals surface area contributed by atoms with Gasteiger partial charge in [-0.1, -0.05) is 30.3 Å². The van der Waals surface area contributed by atoms with E-state index in [9.17, 15) is 13.2 Å². The highest BCUT2D eigenvalue weighted by Crippen LogP contribution is 2.32. The average Bonchev–Trinajstić information content (AvgIpc) is 3.12. The third-order valence-corrected chi connectivity index (χ3v) is 7.48. The first-order valence-electron chi connectivity index (χ1n) is 9.43. The zero-order valence-corrected chi connectivity index (χ0v) is 16.3. The first kappa shape index (κ1) is 18.2. The molecular weight excluding hydrogens is 360 g/mol. The number of nitrogens with zero attached hydrogens (tertiary/aromatic N) is 2. The predicted molar refractivity (Wildman–Crippen MR) is 105 cm³/mol. The number of sulfonamides is 1. The number of anilines is 1. The first-order chi connectivity index (χ1) is 13.0. The summed E-state index contributed by atoms with van der Waals surface area (Å²) in [4.78, 5) is 15.2. The predicted octanol–water partition coefficient (Wildman–Crippen LogP) is 2.99. The van der Waals surface area contributed by atoms with Crippen LogP contribution < -0.4 is 4.90 Å². The van der Waals surface area contributed by atoms with Gasteiger partial charge < -0.3 is 4.90 Å². The quantitative estimate of drug-likeness (QED) is 0.817. The standard InChI is InChI=1S/C21H24N2O3S/c1-16-5-4-7-19(15-16)27(25,26)22-12-9-18(10-13-22)21(24)23-14-11-17-6-2-3-8-20(17)23/h2-8,15,18H,9-14H2,1H3. The number of amides is 1. The van der Waals surface area contributed by atoms with Gasteiger partial charge in [0.05, 0.1) is 4.90 Å². The average molecular weight is 385 g/mol. The van der Waals surface area contributed by atoms with Crippen molar-refractivity contribution in [3.05, 3.63) is 59.7 Å². The summed E-state index contributed by atoms with van der Waals surface area (Å²) in [6, 6.07) is 15.0. The van der Waals surface area contributed by atoms with Crippen molar-refractivity contribution in [2.75, 3.05) is 24.5 Å². The third-order valence-electron chi connectivity index (χ3n) is 5.58. The van der Waals surface area contributed by atoms with Crippen molar-refractivity contribution in [3.63, 3.8) is 0 Å². The van der Waals surface area contributed by atoms with Gasteiger partial charge in [-0.15, -0.1) is 0 Å². The number of hydrogen-bond acceptors (Lipinski definition) is 3. The van der Waals surface area contributed by atoms with Gasteiger partial charge in [0.25, 0.3) is 0 Å². The lowest BCUT2D eigenvalue weighted by atomic mass is 9.96. The Morgan fingerprint density at radius 3 is 2.48 bits per heavy atom. The van der Waals surface area contributed by atoms with Crippen LogP contribution in [0.4, 0.5) is 5.69 Å². The topological polar surface area (TPSA) is 57.7 Å². The van der Waals surface area contributed by atoms with Crippen LogP contribution >= 0.6 is 0 Å². The van der Waals surface area contributed by atoms with E-state index >= 15 is 0 Å². The molecule has 2 aromatic rings. The third kappa shape index (κ3) is 3.39. The summed E-state index contributed by atoms with van der Waals surface area (Å²) in [6.07, 6.45) is 2.04. The van der Waals surface area contributed by atoms with Crippen molar-refractivity contribution in [2.45, 2.75) is 31.1 Å². The maximum absolute atomic E-state index is 13.0. The maximum Gasteiger partial charge on any atom is 0.243 e. The molecule has 0 spiro atoms. The fraction of sp³-hybridized carbons (Fsp3) is 0.381. The first-order valence-corrected chi connectivity index (χ1v) is 10.9. The van der Waals surface area contributed by atoms with E-state index in [2.05, 4.69) is 6.07 Å². The van der Waals surface area contributed by atoms with Gasteiger partial charge in [-0.25, -0.2) is 8.42 Å². The molecule has 2 heterocycles. The Bertz CT molecular complexity index is 963. The van der Waals surface area contributed by atoms with Crippen LogP contribution in [0.25, 0.3) is 0 Å². The number of aryl methyl sites for hydroxylation is 1. The molecule has 2 aliphatic rings. The highest BCUT2D eigenvalue weighted by atomic mass is 32.2. The molecule has 27 heavy (non-hydrogen) atoms. The SMILES string of the molecule is Cc1cccc(S(=O)(=O)N2CCC(C(=O)N3CCc4ccccc43)CC2)c1. The van der Waals surface area contributed by atoms with Crippen LogP contribution in [0.5, 0.6) is 0 Å². The van der Waals surface area contributed by atoms with E-state index in [4.69, 9.17) is 0 Å². The molecule has 0 bridgehead atoms. The maximum atomic E-state index is 13.0. The number of rotatable bonds is 3. The van der Waals surface area contributed by atoms with E-state index in [1.165, 1.54) is 9.87 Å². The van der Waals surface area contributed by atoms with Crippen molar-refractivity contribution >= 4 is 21.6 Å². The zero-order valence-electron chi connectivity index (χ0n) is 15.5. The van der Waals surface area contributed by atoms with E-state index in [0.717, 1.165) is 24.2 Å². The molecule has 0 atom stereocenters. The number of carbonyl (C=O) groups is 1. The van der Waals surface area contributed by atoms with E-state index in [0.29, 0.717) is 30.8 Å². The summed E-state index contributed by atoms with van der Waals surface area (Å²) in [7, 11) is -3.49. The van der Waals surface area contributed by atoms with E-state index in [1.807, 2.05) is 36.1 Å². The minimum absolute atomic E-state index is 0.111. The smallest absolute Gasteiger partial charge is 0.243 e. The molecule has 2 aliphatic heterocycles. The molecular formula is C21H24N2O3S. The highest BCUT2D eigenvalue weighted by Gasteiger charge is 2.35. The van der Waals surface area contributed by atoms with Crippen molar-refractivity contribution in [1.29, 1.82) is 0 Å². The molecule has 0 radical (unpaired) electrons. The van der Waals surface area contributed by atoms with E-state index in [-0.39, 0.29) is 11.8 Å². The number of benzene rings is 2. The number of carbonyl (C=O) groups excluding carboxylic acids is 1. The van der Waals surface area contributed by atoms with Crippen LogP contribution in [-0.4, -0.2) is 38.3 Å². The van der Waals surface area contributed by atoms with Crippen LogP contribution in [0, 0.1) is 12.8 Å². The highest BCUT2D eigenvalue weighted by molar-refractivity contribution is 7.89. The van der Waals surface area contributed by atoms with Crippen LogP contribution in [0.3, 0.4) is 0 Å². The molecule has 1 fully saturated rings. The van der Waals surface area contributed by atoms with Gasteiger partial charge in [0, 0.05) is 31.2 Å². The fourth-order valence-electron chi connectivity index (χ4n) is 4.06. The van der Waals surface area contributed by atoms with Crippen molar-refractivity contribution in [2.24, 2.45) is 5.92 Å². The Morgan fingerprint density at radius 2 is 1.74 bits per heavy atom. The van der Waals surface area contributed by atoms with Gasteiger partial charge in [0.1, 0.15) is 0 Å². The fourth-order valence-corrected chi connectivity index (χ4v) is 5.63. The second kappa shape index (κ2) is 7.09. The molecule has 4 rings (SSSR count). The molecule has 6 heteroatoms. The van der Waals surface area contributed by atoms with Crippen molar-refractivity contribution < 1.29 is 13.2 Å². The lowest BCUT2D eigenvalue weighted by molar-refractivity contribution is -0.123. The van der Waals surface area contributed by atoms with Crippen molar-refractivity contribution in [3.8, 4) is 0 Å². The Kier molecular flexibility index (Phi) is 4.78. The minimum Gasteiger partial charge on any atom is -0.312 e. The van der Waals surface area contributed by atoms with Crippen LogP contribution in [-0.2, 0) is 21.2 Å². The molecule has 0 unspecified atom stereocenters. The molecule has 5 nitrogen and oxygen atoms in total. The Balaban J connectivity index is 1.44. The Hall–Kier alpha value is -2.18. The van der Waals surface area contributed by atoms with Crippen molar-refractivity contribution in [1.82, 2.24) is 4.31 Å². The summed E-state index contributed by atoms with van der Waals surface area (Å²) in [5.74, 6) is 0.0210. The normalized spacial score (nSPS) is 18.5. The van der Waals surface area contributed by atoms with Gasteiger partial charge in [-0.05, 0) is 55.5 Å². The number of para-hydroxylation sites is 1. The number of hydrogen-bond donors (Lipinski definition) is 0. The summed E-state index contributed by atoms with van der Waals surface area (Å²) >= 11 is 0. The summed E-state index contributed by atoms with van der Waals surface area (Å²) in [5, 5.41) is 0. The van der Waals surface area contributed by atoms with Crippen LogP contribution in [0.2, 0.25) is 0 Å². The summed E-state index contributed by atoms with van der Waals surface area (Å²) < 4.78 is 27.3. The van der Waals surface area contributed by atoms with Gasteiger partial charge >= 0.3 is 0 Å². The molecule has 0 saturated carbocycles. The van der Waals surface area contributed by atoms with E-state index < -0.39 is 10.0 Å². The largest absolute Gasteiger partial charge is 0.312 e. The summed E-state index contributed by atoms with van der Waals surface area (Å²) in [6.45, 7) is 3.39. The molecule has 0 N–H and O–H groups in total. The van der Waals surface area contributed by atoms with Crippen LogP contribution in [0.1, 0.15) is 24.0 Å². The second-order valence-corrected chi connectivity index (χ2v) is 9.30. The van der Waals surface area contributed by atoms with Gasteiger partial charge in [0.15, 0.2) is 0 Å². The number of piperidine rings is 1. The van der Waals surface area contributed by atoms with Crippen LogP contribution in [0.15, 0.2) is 53.4 Å². The lowest BCUT2D eigenvalue weighted by Gasteiger charge is -2.32. The Labute approximate surface area is 160 Å². The molecule has 2 aromatic carbocycles. The van der Waals surface area contributed by atoms with Gasteiger partial charge in [-0.2, -0.15) is 4.31 Å². The Morgan fingerprint density at radius 1 is 1.00 bits per heavy atom. The monoisotopic (exact) mass is 384 g/mol. The number of fused-ring (bicyclic) bond motifs is 1. The lowest BCUT2D eigenvalue weighted by Crippen LogP contribution is -2.44. The summed E-state index contributed by atoms with van der Waals surface area (Å²) in [5.41, 5.74) is 3.15. The molecule has 0 aliphatic carbocycles. The molecule has 1 amide bonds. The molecule has 142 valence electrons.